The van der Waals surface area contributed by atoms with Gasteiger partial charge in [-0.1, -0.05) is 156 Å². The maximum atomic E-state index is 12.1. The van der Waals surface area contributed by atoms with Crippen LogP contribution in [0.5, 0.6) is 0 Å². The summed E-state index contributed by atoms with van der Waals surface area (Å²) in [7, 11) is 4.17. The van der Waals surface area contributed by atoms with Gasteiger partial charge in [0.25, 0.3) is 0 Å². The van der Waals surface area contributed by atoms with E-state index < -0.39 is 184 Å². The third-order valence-corrected chi connectivity index (χ3v) is 20.7. The molecule has 634 valence electrons. The fourth-order valence-electron chi connectivity index (χ4n) is 13.7. The Labute approximate surface area is 658 Å². The number of carbonyl (C=O) groups excluding carboxylic acids is 4. The van der Waals surface area contributed by atoms with Gasteiger partial charge in [0, 0.05) is 54.9 Å². The van der Waals surface area contributed by atoms with Gasteiger partial charge in [0.1, 0.15) is 85.5 Å². The molecule has 33 heteroatoms. The van der Waals surface area contributed by atoms with Crippen molar-refractivity contribution >= 4 is 23.9 Å². The van der Waals surface area contributed by atoms with E-state index in [4.69, 9.17) is 94.7 Å². The molecule has 6 saturated heterocycles. The second-order valence-corrected chi connectivity index (χ2v) is 28.8. The second kappa shape index (κ2) is 46.6. The number of benzene rings is 4. The molecule has 6 heterocycles. The summed E-state index contributed by atoms with van der Waals surface area (Å²) in [5, 5.41) is 79.7. The maximum absolute atomic E-state index is 12.1. The smallest absolute Gasteiger partial charge is 0.303 e. The highest BCUT2D eigenvalue weighted by Gasteiger charge is 2.54. The number of hydrogen-bond donors (Lipinski definition) is 9. The minimum absolute atomic E-state index is 0. The van der Waals surface area contributed by atoms with Crippen LogP contribution in [-0.2, 0) is 140 Å². The molecule has 10 rings (SSSR count). The average Bonchev–Trinajstić information content (AvgIpc) is 1.65. The molecule has 6 aliphatic rings. The quantitative estimate of drug-likeness (QED) is 0.0339. The lowest BCUT2D eigenvalue weighted by atomic mass is 9.83. The van der Waals surface area contributed by atoms with E-state index in [1.807, 2.05) is 149 Å². The molecule has 0 bridgehead atoms. The van der Waals surface area contributed by atoms with Crippen molar-refractivity contribution in [3.05, 3.63) is 144 Å². The predicted octanol–water partition coefficient (Wildman–Crippen LogP) is 3.49. The van der Waals surface area contributed by atoms with Gasteiger partial charge in [-0.2, -0.15) is 0 Å². The van der Waals surface area contributed by atoms with E-state index in [2.05, 4.69) is 6.92 Å². The van der Waals surface area contributed by atoms with Crippen LogP contribution in [0.25, 0.3) is 0 Å². The Morgan fingerprint density at radius 1 is 0.310 bits per heavy atom. The molecule has 0 aliphatic carbocycles. The van der Waals surface area contributed by atoms with Crippen LogP contribution >= 0.6 is 0 Å². The Hall–Kier alpha value is -6.24. The minimum atomic E-state index is -1.75. The van der Waals surface area contributed by atoms with Crippen LogP contribution in [0.4, 0.5) is 0 Å². The topological polar surface area (TPSA) is 450 Å². The van der Waals surface area contributed by atoms with E-state index in [0.29, 0.717) is 33.0 Å². The van der Waals surface area contributed by atoms with Crippen molar-refractivity contribution in [3.8, 4) is 0 Å². The molecule has 1 unspecified atom stereocenters. The Bertz CT molecular complexity index is 3380. The number of hydrogen-bond acceptors (Lipinski definition) is 33. The van der Waals surface area contributed by atoms with Gasteiger partial charge in [-0.25, -0.2) is 0 Å². The highest BCUT2D eigenvalue weighted by molar-refractivity contribution is 5.68. The number of esters is 4. The van der Waals surface area contributed by atoms with E-state index in [-0.39, 0.29) is 62.2 Å². The molecular weight excluding hydrogens is 1490 g/mol. The summed E-state index contributed by atoms with van der Waals surface area (Å²) in [5.41, 5.74) is 4.04. The monoisotopic (exact) mass is 1600 g/mol. The SMILES string of the molecule is CO[C@H]1OC[C@@H](O[C@H]2OC[C@@H](C)[C@@H](C)[C@H](C)[C@@H]2OC(C)=O)[C@@H](OC(C)=O)[C@H](OC(C)=O)[C@@H]1OC(C)=O.CO[C@H]1OC[C@@H](O[C@H]2OC[C@@H](O)[C@@H](C)[C@H](C)[C@@H]2OCc2ccccc2)[C@@H](OCc2ccccc2)[C@H](OCc2ccccc2)[C@@H]1OCc1ccccc1.CO[C@H]1OC[C@@H](O[C@H]2OC[C@@H](O)[C@@H](O)[C@H](O)[C@@H]2O)[C@@H](O)C(O)[C@@H]1O.N. The van der Waals surface area contributed by atoms with Crippen LogP contribution in [-0.4, -0.2) is 279 Å². The van der Waals surface area contributed by atoms with Gasteiger partial charge in [-0.3, -0.25) is 19.2 Å². The molecule has 4 aromatic carbocycles. The van der Waals surface area contributed by atoms with E-state index in [1.165, 1.54) is 35.0 Å². The van der Waals surface area contributed by atoms with Crippen molar-refractivity contribution in [1.29, 1.82) is 0 Å². The van der Waals surface area contributed by atoms with E-state index >= 15 is 0 Å². The number of carbonyl (C=O) groups is 4. The van der Waals surface area contributed by atoms with E-state index in [1.54, 1.807) is 7.11 Å². The molecule has 0 saturated carbocycles. The maximum Gasteiger partial charge on any atom is 0.303 e. The molecule has 30 atom stereocenters. The second-order valence-electron chi connectivity index (χ2n) is 28.8. The van der Waals surface area contributed by atoms with Gasteiger partial charge < -0.3 is 142 Å². The van der Waals surface area contributed by atoms with Gasteiger partial charge >= 0.3 is 23.9 Å². The normalized spacial score (nSPS) is 36.3. The number of aliphatic hydroxyl groups is 8. The van der Waals surface area contributed by atoms with E-state index in [9.17, 15) is 60.0 Å². The van der Waals surface area contributed by atoms with Gasteiger partial charge in [0.15, 0.2) is 62.2 Å². The first-order valence-electron chi connectivity index (χ1n) is 37.6. The summed E-state index contributed by atoms with van der Waals surface area (Å²) in [4.78, 5) is 47.8. The van der Waals surface area contributed by atoms with Crippen LogP contribution in [0.3, 0.4) is 0 Å². The van der Waals surface area contributed by atoms with Crippen molar-refractivity contribution in [2.45, 2.75) is 242 Å². The Morgan fingerprint density at radius 3 is 1.13 bits per heavy atom. The highest BCUT2D eigenvalue weighted by Crippen LogP contribution is 2.38. The Kier molecular flexibility index (Phi) is 38.8. The fraction of sp³-hybridized carbons (Fsp3) is 0.650. The highest BCUT2D eigenvalue weighted by atomic mass is 16.8. The molecule has 33 nitrogen and oxygen atoms in total. The first-order chi connectivity index (χ1) is 53.6. The molecule has 6 fully saturated rings. The molecule has 0 aromatic heterocycles. The van der Waals surface area contributed by atoms with E-state index in [0.717, 1.165) is 29.2 Å². The lowest BCUT2D eigenvalue weighted by molar-refractivity contribution is -0.265. The molecular formula is C80H117NO32. The summed E-state index contributed by atoms with van der Waals surface area (Å²) < 4.78 is 118. The molecule has 0 radical (unpaired) electrons. The van der Waals surface area contributed by atoms with Crippen molar-refractivity contribution in [2.75, 3.05) is 61.0 Å². The molecule has 4 aromatic rings. The zero-order valence-electron chi connectivity index (χ0n) is 66.0. The lowest BCUT2D eigenvalue weighted by Gasteiger charge is -2.38. The molecule has 113 heavy (non-hydrogen) atoms. The number of rotatable bonds is 25. The summed E-state index contributed by atoms with van der Waals surface area (Å²) in [5.74, 6) is -2.67. The van der Waals surface area contributed by atoms with Gasteiger partial charge in [0.2, 0.25) is 0 Å². The molecule has 0 amide bonds. The van der Waals surface area contributed by atoms with Crippen LogP contribution in [0.15, 0.2) is 121 Å². The van der Waals surface area contributed by atoms with Crippen molar-refractivity contribution in [1.82, 2.24) is 6.15 Å². The fourth-order valence-corrected chi connectivity index (χ4v) is 13.7. The van der Waals surface area contributed by atoms with Gasteiger partial charge in [-0.15, -0.1) is 0 Å². The van der Waals surface area contributed by atoms with Crippen LogP contribution in [0, 0.1) is 29.6 Å². The molecule has 11 N–H and O–H groups in total. The third-order valence-electron chi connectivity index (χ3n) is 20.7. The minimum Gasteiger partial charge on any atom is -0.457 e. The average molecular weight is 1600 g/mol. The Morgan fingerprint density at radius 2 is 0.646 bits per heavy atom. The first kappa shape index (κ1) is 93.9. The predicted molar refractivity (Wildman–Crippen MR) is 395 cm³/mol. The number of aliphatic hydroxyl groups excluding tert-OH is 8. The Balaban J connectivity index is 0.000000252. The van der Waals surface area contributed by atoms with Crippen molar-refractivity contribution in [2.24, 2.45) is 29.6 Å². The summed E-state index contributed by atoms with van der Waals surface area (Å²) >= 11 is 0. The van der Waals surface area contributed by atoms with Crippen LogP contribution in [0.2, 0.25) is 0 Å². The zero-order valence-corrected chi connectivity index (χ0v) is 66.0. The van der Waals surface area contributed by atoms with Crippen LogP contribution in [0.1, 0.15) is 84.6 Å². The largest absolute Gasteiger partial charge is 0.457 e. The summed E-state index contributed by atoms with van der Waals surface area (Å²) in [6, 6.07) is 40.0. The summed E-state index contributed by atoms with van der Waals surface area (Å²) in [6.45, 7) is 15.7. The van der Waals surface area contributed by atoms with Gasteiger partial charge in [-0.05, 0) is 45.9 Å². The first-order valence-corrected chi connectivity index (χ1v) is 37.6. The van der Waals surface area contributed by atoms with Crippen molar-refractivity contribution in [3.63, 3.8) is 0 Å². The standard InChI is InChI=1S/C43H52O9.C24H38O12.C13H24O11.H3N/c1-30-31(2)38(46-24-32-16-8-4-9-17-32)43(50-28-36(30)44)52-37-29-51-42(45-3)41(49-27-35-22-14-7-15-23-35)40(48-26-34-20-12-6-13-21-34)39(37)47-25-33-18-10-5-11-19-33;1-11-9-30-24(19(32-14(4)25)13(3)12(11)2)36-18-10-31-23(29-8)22(35-17(7)28)21(34-16(6)27)20(18)33-15(5)26;1-21-12-10(19)9(18)7(16)5(3-23-12)24-13-11(20)8(17)6(15)4(14)2-22-13;/h4-23,30-31,36-44H,24-29H2,1-3H3;11-13,18-24H,9-10H2,1-8H3;4-20H,2-3H2,1H3;1H3/t30-,31-,36+,37+,38-,39+,40-,41-,42-,43+;11-,12-,13+,18-,19+,20-,21+,22+,23+,24-;4-,5-,6-,7-,8+,9?,10+,11+,12+,13-;/m011./s1. The zero-order chi connectivity index (χ0) is 81.3. The molecule has 0 spiro atoms. The van der Waals surface area contributed by atoms with Gasteiger partial charge in [0.05, 0.1) is 72.2 Å². The summed E-state index contributed by atoms with van der Waals surface area (Å²) in [6.07, 6.45) is -28.8. The van der Waals surface area contributed by atoms with Crippen molar-refractivity contribution < 1.29 is 155 Å². The number of methoxy groups -OCH3 is 3. The number of ether oxygens (including phenoxy) is 20. The van der Waals surface area contributed by atoms with Crippen LogP contribution < -0.4 is 6.15 Å². The lowest BCUT2D eigenvalue weighted by Crippen LogP contribution is -2.54. The third kappa shape index (κ3) is 26.9. The molecule has 6 aliphatic heterocycles.